The standard InChI is InChI=1S/C39H46F2N8O3/c1-4-7-9-33(45-17-19-46(20-18-45)34-12-14-35(15-13-34)48-29-44-49(38(48)50)32(5-2)6-3)10-8-21-51-24-30-23-39(52-25-30,26-47-28-42-27-43-47)36-16-11-31(40)22-37(36)41/h1,8-16,22,27-30,32H,5-7,17-21,23-26H2,2-3H3/b10-8-,33-9+/t30-,39+/m1/s1. The molecule has 0 amide bonds. The number of anilines is 1. The lowest BCUT2D eigenvalue weighted by molar-refractivity contribution is -0.0210. The Hall–Kier alpha value is -5.06. The van der Waals surface area contributed by atoms with E-state index in [1.54, 1.807) is 26.6 Å². The maximum Gasteiger partial charge on any atom is 0.350 e. The van der Waals surface area contributed by atoms with Crippen LogP contribution in [-0.4, -0.2) is 80.0 Å². The maximum atomic E-state index is 15.0. The van der Waals surface area contributed by atoms with Gasteiger partial charge in [-0.25, -0.2) is 32.5 Å². The summed E-state index contributed by atoms with van der Waals surface area (Å²) in [7, 11) is 0. The van der Waals surface area contributed by atoms with E-state index in [4.69, 9.17) is 15.9 Å². The second-order valence-corrected chi connectivity index (χ2v) is 13.3. The highest BCUT2D eigenvalue weighted by Gasteiger charge is 2.44. The van der Waals surface area contributed by atoms with Crippen LogP contribution in [0.3, 0.4) is 0 Å². The number of hydrogen-bond acceptors (Lipinski definition) is 8. The van der Waals surface area contributed by atoms with Crippen LogP contribution >= 0.6 is 0 Å². The van der Waals surface area contributed by atoms with Gasteiger partial charge in [-0.05, 0) is 61.7 Å². The van der Waals surface area contributed by atoms with E-state index in [2.05, 4.69) is 69.0 Å². The van der Waals surface area contributed by atoms with Gasteiger partial charge < -0.3 is 19.3 Å². The first kappa shape index (κ1) is 36.7. The average molecular weight is 713 g/mol. The summed E-state index contributed by atoms with van der Waals surface area (Å²) in [5.74, 6) is 1.43. The summed E-state index contributed by atoms with van der Waals surface area (Å²) >= 11 is 0. The van der Waals surface area contributed by atoms with Crippen molar-refractivity contribution in [2.45, 2.75) is 57.7 Å². The second-order valence-electron chi connectivity index (χ2n) is 13.3. The summed E-state index contributed by atoms with van der Waals surface area (Å²) in [6, 6.07) is 11.7. The zero-order chi connectivity index (χ0) is 36.5. The maximum absolute atomic E-state index is 15.0. The van der Waals surface area contributed by atoms with E-state index in [-0.39, 0.29) is 24.2 Å². The normalized spacial score (nSPS) is 19.6. The van der Waals surface area contributed by atoms with Crippen molar-refractivity contribution in [3.05, 3.63) is 113 Å². The number of hydrogen-bond donors (Lipinski definition) is 0. The number of allylic oxidation sites excluding steroid dienone is 2. The number of benzene rings is 2. The summed E-state index contributed by atoms with van der Waals surface area (Å²) in [4.78, 5) is 21.7. The lowest BCUT2D eigenvalue weighted by Crippen LogP contribution is -2.45. The van der Waals surface area contributed by atoms with Gasteiger partial charge in [0, 0.05) is 61.5 Å². The highest BCUT2D eigenvalue weighted by atomic mass is 19.1. The Kier molecular flexibility index (Phi) is 12.0. The molecule has 2 aliphatic heterocycles. The van der Waals surface area contributed by atoms with E-state index < -0.39 is 17.2 Å². The Bertz CT molecular complexity index is 1920. The minimum atomic E-state index is -1.01. The van der Waals surface area contributed by atoms with Crippen LogP contribution in [0.5, 0.6) is 0 Å². The van der Waals surface area contributed by atoms with Crippen LogP contribution in [0.25, 0.3) is 5.69 Å². The fourth-order valence-electron chi connectivity index (χ4n) is 7.15. The molecule has 13 heteroatoms. The molecule has 4 heterocycles. The number of terminal acetylenes is 1. The van der Waals surface area contributed by atoms with E-state index in [0.717, 1.165) is 62.2 Å². The molecule has 0 N–H and O–H groups in total. The molecule has 2 fully saturated rings. The molecule has 2 saturated heterocycles. The van der Waals surface area contributed by atoms with Gasteiger partial charge in [0.2, 0.25) is 0 Å². The molecule has 2 aliphatic rings. The Morgan fingerprint density at radius 1 is 1.08 bits per heavy atom. The third-order valence-electron chi connectivity index (χ3n) is 9.92. The lowest BCUT2D eigenvalue weighted by Gasteiger charge is -2.38. The lowest BCUT2D eigenvalue weighted by atomic mass is 9.87. The zero-order valence-electron chi connectivity index (χ0n) is 29.8. The van der Waals surface area contributed by atoms with Crippen molar-refractivity contribution in [1.82, 2.24) is 34.0 Å². The summed E-state index contributed by atoms with van der Waals surface area (Å²) < 4.78 is 45.8. The summed E-state index contributed by atoms with van der Waals surface area (Å²) in [6.45, 7) is 8.86. The van der Waals surface area contributed by atoms with Crippen molar-refractivity contribution < 1.29 is 18.3 Å². The highest BCUT2D eigenvalue weighted by Crippen LogP contribution is 2.42. The largest absolute Gasteiger partial charge is 0.377 e. The Balaban J connectivity index is 1.01. The highest BCUT2D eigenvalue weighted by molar-refractivity contribution is 5.51. The van der Waals surface area contributed by atoms with Gasteiger partial charge in [-0.2, -0.15) is 10.2 Å². The van der Waals surface area contributed by atoms with Crippen molar-refractivity contribution in [2.24, 2.45) is 5.92 Å². The van der Waals surface area contributed by atoms with Crippen molar-refractivity contribution >= 4 is 5.69 Å². The summed E-state index contributed by atoms with van der Waals surface area (Å²) in [5, 5.41) is 8.55. The van der Waals surface area contributed by atoms with E-state index >= 15 is 0 Å². The number of aromatic nitrogens is 6. The molecule has 52 heavy (non-hydrogen) atoms. The summed E-state index contributed by atoms with van der Waals surface area (Å²) in [5.41, 5.74) is 2.11. The van der Waals surface area contributed by atoms with Crippen molar-refractivity contribution in [1.29, 1.82) is 0 Å². The van der Waals surface area contributed by atoms with Crippen LogP contribution in [0.2, 0.25) is 0 Å². The molecule has 0 spiro atoms. The first-order valence-corrected chi connectivity index (χ1v) is 17.9. The van der Waals surface area contributed by atoms with Crippen molar-refractivity contribution in [3.8, 4) is 18.0 Å². The van der Waals surface area contributed by atoms with Gasteiger partial charge in [-0.3, -0.25) is 0 Å². The summed E-state index contributed by atoms with van der Waals surface area (Å²) in [6.07, 6.45) is 19.0. The molecule has 2 aromatic carbocycles. The molecule has 0 unspecified atom stereocenters. The minimum absolute atomic E-state index is 0.00751. The predicted molar refractivity (Wildman–Crippen MR) is 195 cm³/mol. The van der Waals surface area contributed by atoms with Gasteiger partial charge in [0.15, 0.2) is 0 Å². The first-order valence-electron chi connectivity index (χ1n) is 17.9. The first-order chi connectivity index (χ1) is 25.3. The number of rotatable bonds is 15. The SMILES string of the molecule is C#CC/C=C(\C=C/COC[C@@H]1CO[C@@](Cn2cncn2)(c2ccc(F)cc2F)C1)N1CCN(c2ccc(-n3cnn(C(CC)CC)c3=O)cc2)CC1. The third-order valence-corrected chi connectivity index (χ3v) is 9.92. The van der Waals surface area contributed by atoms with E-state index in [1.807, 2.05) is 18.2 Å². The molecule has 2 atom stereocenters. The van der Waals surface area contributed by atoms with Crippen LogP contribution in [0, 0.1) is 29.9 Å². The van der Waals surface area contributed by atoms with E-state index in [1.165, 1.54) is 18.5 Å². The molecule has 0 aliphatic carbocycles. The fraction of sp³-hybridized carbons (Fsp3) is 0.436. The van der Waals surface area contributed by atoms with Gasteiger partial charge in [0.25, 0.3) is 0 Å². The topological polar surface area (TPSA) is 95.5 Å². The molecule has 0 saturated carbocycles. The van der Waals surface area contributed by atoms with Crippen LogP contribution in [0.4, 0.5) is 14.5 Å². The molecule has 274 valence electrons. The number of piperazine rings is 1. The number of halogens is 2. The molecule has 4 aromatic rings. The molecule has 0 bridgehead atoms. The molecule has 6 rings (SSSR count). The predicted octanol–water partition coefficient (Wildman–Crippen LogP) is 5.50. The Morgan fingerprint density at radius 3 is 2.54 bits per heavy atom. The Morgan fingerprint density at radius 2 is 1.85 bits per heavy atom. The van der Waals surface area contributed by atoms with E-state index in [9.17, 15) is 13.6 Å². The Labute approximate surface area is 303 Å². The smallest absolute Gasteiger partial charge is 0.350 e. The minimum Gasteiger partial charge on any atom is -0.377 e. The molecular formula is C39H46F2N8O3. The van der Waals surface area contributed by atoms with Gasteiger partial charge in [0.05, 0.1) is 38.1 Å². The van der Waals surface area contributed by atoms with Crippen LogP contribution < -0.4 is 10.6 Å². The number of nitrogens with zero attached hydrogens (tertiary/aromatic N) is 8. The van der Waals surface area contributed by atoms with Crippen LogP contribution in [0.1, 0.15) is 51.1 Å². The zero-order valence-corrected chi connectivity index (χ0v) is 29.8. The van der Waals surface area contributed by atoms with Gasteiger partial charge in [-0.15, -0.1) is 12.3 Å². The third kappa shape index (κ3) is 8.35. The molecule has 2 aromatic heterocycles. The van der Waals surface area contributed by atoms with Gasteiger partial charge >= 0.3 is 5.69 Å². The van der Waals surface area contributed by atoms with Gasteiger partial charge in [-0.1, -0.05) is 26.0 Å². The number of ether oxygens (including phenoxy) is 2. The average Bonchev–Trinajstić information content (AvgIpc) is 3.92. The molecular weight excluding hydrogens is 666 g/mol. The van der Waals surface area contributed by atoms with Crippen molar-refractivity contribution in [3.63, 3.8) is 0 Å². The van der Waals surface area contributed by atoms with Crippen LogP contribution in [-0.2, 0) is 21.6 Å². The second kappa shape index (κ2) is 17.0. The van der Waals surface area contributed by atoms with Crippen LogP contribution in [0.15, 0.2) is 90.2 Å². The fourth-order valence-corrected chi connectivity index (χ4v) is 7.15. The quantitative estimate of drug-likeness (QED) is 0.0907. The molecule has 11 nitrogen and oxygen atoms in total. The van der Waals surface area contributed by atoms with E-state index in [0.29, 0.717) is 38.2 Å². The van der Waals surface area contributed by atoms with Gasteiger partial charge in [0.1, 0.15) is 36.2 Å². The molecule has 0 radical (unpaired) electrons. The van der Waals surface area contributed by atoms with Crippen molar-refractivity contribution in [2.75, 3.05) is 50.9 Å². The monoisotopic (exact) mass is 712 g/mol.